The van der Waals surface area contributed by atoms with E-state index in [1.807, 2.05) is 6.07 Å². The second-order valence-electron chi connectivity index (χ2n) is 5.38. The second kappa shape index (κ2) is 7.63. The number of carbonyl (C=O) groups excluding carboxylic acids is 1. The zero-order valence-corrected chi connectivity index (χ0v) is 12.6. The summed E-state index contributed by atoms with van der Waals surface area (Å²) in [5.74, 6) is -0.289. The molecule has 22 heavy (non-hydrogen) atoms. The van der Waals surface area contributed by atoms with Gasteiger partial charge in [-0.05, 0) is 24.8 Å². The lowest BCUT2D eigenvalue weighted by Crippen LogP contribution is -2.45. The van der Waals surface area contributed by atoms with Gasteiger partial charge < -0.3 is 20.1 Å². The first-order chi connectivity index (χ1) is 10.6. The number of rotatable bonds is 5. The van der Waals surface area contributed by atoms with E-state index in [1.165, 1.54) is 7.11 Å². The van der Waals surface area contributed by atoms with E-state index in [0.29, 0.717) is 25.5 Å². The van der Waals surface area contributed by atoms with E-state index < -0.39 is 5.97 Å². The molecule has 2 amide bonds. The Morgan fingerprint density at radius 2 is 2.36 bits per heavy atom. The third-order valence-electron chi connectivity index (χ3n) is 3.74. The van der Waals surface area contributed by atoms with Crippen molar-refractivity contribution in [1.82, 2.24) is 15.2 Å². The molecule has 1 saturated heterocycles. The van der Waals surface area contributed by atoms with Gasteiger partial charge in [-0.15, -0.1) is 0 Å². The number of hydrogen-bond acceptors (Lipinski definition) is 4. The maximum absolute atomic E-state index is 12.2. The monoisotopic (exact) mass is 307 g/mol. The van der Waals surface area contributed by atoms with Crippen molar-refractivity contribution in [2.45, 2.75) is 25.8 Å². The quantitative estimate of drug-likeness (QED) is 0.860. The largest absolute Gasteiger partial charge is 0.481 e. The molecule has 120 valence electrons. The fourth-order valence-electron chi connectivity index (χ4n) is 2.69. The minimum absolute atomic E-state index is 0.0323. The van der Waals surface area contributed by atoms with E-state index in [-0.39, 0.29) is 18.4 Å². The Kier molecular flexibility index (Phi) is 5.57. The molecule has 7 heteroatoms. The molecule has 0 aliphatic carbocycles. The number of ether oxygens (including phenoxy) is 1. The smallest absolute Gasteiger partial charge is 0.317 e. The number of urea groups is 1. The average molecular weight is 307 g/mol. The molecule has 0 radical (unpaired) electrons. The van der Waals surface area contributed by atoms with Crippen molar-refractivity contribution < 1.29 is 19.4 Å². The predicted octanol–water partition coefficient (Wildman–Crippen LogP) is 1.49. The molecule has 0 bridgehead atoms. The van der Waals surface area contributed by atoms with Gasteiger partial charge in [0.15, 0.2) is 0 Å². The van der Waals surface area contributed by atoms with Crippen LogP contribution in [0.5, 0.6) is 5.88 Å². The standard InChI is InChI=1S/C15H21N3O4/c1-22-14-12(5-2-6-16-14)9-17-15(21)18-7-3-4-11(10-18)8-13(19)20/h2,5-6,11H,3-4,7-10H2,1H3,(H,17,21)(H,19,20). The molecule has 0 aromatic carbocycles. The summed E-state index contributed by atoms with van der Waals surface area (Å²) in [5, 5.41) is 11.7. The molecule has 2 rings (SSSR count). The Labute approximate surface area is 129 Å². The number of carboxylic acids is 1. The Hall–Kier alpha value is -2.31. The normalized spacial score (nSPS) is 17.9. The van der Waals surface area contributed by atoms with E-state index in [2.05, 4.69) is 10.3 Å². The summed E-state index contributed by atoms with van der Waals surface area (Å²) in [4.78, 5) is 28.8. The van der Waals surface area contributed by atoms with Gasteiger partial charge in [-0.1, -0.05) is 6.07 Å². The van der Waals surface area contributed by atoms with E-state index in [1.54, 1.807) is 17.2 Å². The highest BCUT2D eigenvalue weighted by Crippen LogP contribution is 2.20. The van der Waals surface area contributed by atoms with Crippen LogP contribution in [0.2, 0.25) is 0 Å². The summed E-state index contributed by atoms with van der Waals surface area (Å²) >= 11 is 0. The molecule has 2 N–H and O–H groups in total. The van der Waals surface area contributed by atoms with Crippen molar-refractivity contribution >= 4 is 12.0 Å². The number of methoxy groups -OCH3 is 1. The highest BCUT2D eigenvalue weighted by molar-refractivity contribution is 5.74. The molecule has 2 heterocycles. The molecule has 1 unspecified atom stereocenters. The van der Waals surface area contributed by atoms with Crippen LogP contribution in [-0.2, 0) is 11.3 Å². The highest BCUT2D eigenvalue weighted by atomic mass is 16.5. The van der Waals surface area contributed by atoms with E-state index in [9.17, 15) is 9.59 Å². The van der Waals surface area contributed by atoms with Gasteiger partial charge >= 0.3 is 12.0 Å². The van der Waals surface area contributed by atoms with Gasteiger partial charge in [0.1, 0.15) is 0 Å². The minimum Gasteiger partial charge on any atom is -0.481 e. The van der Waals surface area contributed by atoms with Crippen LogP contribution in [0.1, 0.15) is 24.8 Å². The zero-order valence-electron chi connectivity index (χ0n) is 12.6. The van der Waals surface area contributed by atoms with Crippen molar-refractivity contribution in [3.05, 3.63) is 23.9 Å². The van der Waals surface area contributed by atoms with Gasteiger partial charge in [0, 0.05) is 37.8 Å². The molecular weight excluding hydrogens is 286 g/mol. The van der Waals surface area contributed by atoms with Gasteiger partial charge in [-0.25, -0.2) is 9.78 Å². The van der Waals surface area contributed by atoms with Crippen LogP contribution in [0.4, 0.5) is 4.79 Å². The van der Waals surface area contributed by atoms with Crippen LogP contribution < -0.4 is 10.1 Å². The van der Waals surface area contributed by atoms with Crippen molar-refractivity contribution in [1.29, 1.82) is 0 Å². The number of piperidine rings is 1. The Bertz CT molecular complexity index is 535. The zero-order chi connectivity index (χ0) is 15.9. The summed E-state index contributed by atoms with van der Waals surface area (Å²) in [7, 11) is 1.54. The topological polar surface area (TPSA) is 91.8 Å². The first kappa shape index (κ1) is 16.1. The fourth-order valence-corrected chi connectivity index (χ4v) is 2.69. The molecule has 1 atom stereocenters. The molecule has 0 saturated carbocycles. The third kappa shape index (κ3) is 4.34. The second-order valence-corrected chi connectivity index (χ2v) is 5.38. The number of carboxylic acid groups (broad SMARTS) is 1. The number of hydrogen-bond donors (Lipinski definition) is 2. The number of likely N-dealkylation sites (tertiary alicyclic amines) is 1. The molecule has 1 aliphatic rings. The van der Waals surface area contributed by atoms with Crippen LogP contribution in [0.25, 0.3) is 0 Å². The Balaban J connectivity index is 1.87. The highest BCUT2D eigenvalue weighted by Gasteiger charge is 2.25. The van der Waals surface area contributed by atoms with Crippen molar-refractivity contribution in [3.8, 4) is 5.88 Å². The van der Waals surface area contributed by atoms with Gasteiger partial charge in [-0.3, -0.25) is 4.79 Å². The Morgan fingerprint density at radius 3 is 3.09 bits per heavy atom. The molecule has 1 aromatic rings. The van der Waals surface area contributed by atoms with Crippen LogP contribution in [0, 0.1) is 5.92 Å². The van der Waals surface area contributed by atoms with Crippen molar-refractivity contribution in [3.63, 3.8) is 0 Å². The maximum atomic E-state index is 12.2. The average Bonchev–Trinajstić information content (AvgIpc) is 2.52. The van der Waals surface area contributed by atoms with E-state index in [0.717, 1.165) is 18.4 Å². The summed E-state index contributed by atoms with van der Waals surface area (Å²) < 4.78 is 5.14. The van der Waals surface area contributed by atoms with Crippen LogP contribution in [-0.4, -0.2) is 47.2 Å². The molecule has 7 nitrogen and oxygen atoms in total. The first-order valence-corrected chi connectivity index (χ1v) is 7.32. The van der Waals surface area contributed by atoms with Crippen molar-refractivity contribution in [2.24, 2.45) is 5.92 Å². The lowest BCUT2D eigenvalue weighted by molar-refractivity contribution is -0.138. The fraction of sp³-hybridized carbons (Fsp3) is 0.533. The lowest BCUT2D eigenvalue weighted by Gasteiger charge is -2.32. The minimum atomic E-state index is -0.813. The van der Waals surface area contributed by atoms with Gasteiger partial charge in [-0.2, -0.15) is 0 Å². The summed E-state index contributed by atoms with van der Waals surface area (Å²) in [6.07, 6.45) is 3.43. The van der Waals surface area contributed by atoms with Gasteiger partial charge in [0.2, 0.25) is 5.88 Å². The number of nitrogens with zero attached hydrogens (tertiary/aromatic N) is 2. The van der Waals surface area contributed by atoms with Crippen LogP contribution in [0.15, 0.2) is 18.3 Å². The number of amides is 2. The van der Waals surface area contributed by atoms with Crippen molar-refractivity contribution in [2.75, 3.05) is 20.2 Å². The number of carbonyl (C=O) groups is 2. The molecule has 1 fully saturated rings. The number of aromatic nitrogens is 1. The van der Waals surface area contributed by atoms with Crippen LogP contribution >= 0.6 is 0 Å². The van der Waals surface area contributed by atoms with Crippen LogP contribution in [0.3, 0.4) is 0 Å². The van der Waals surface area contributed by atoms with E-state index >= 15 is 0 Å². The third-order valence-corrected chi connectivity index (χ3v) is 3.74. The number of aliphatic carboxylic acids is 1. The molecule has 1 aliphatic heterocycles. The number of pyridine rings is 1. The Morgan fingerprint density at radius 1 is 1.55 bits per heavy atom. The SMILES string of the molecule is COc1ncccc1CNC(=O)N1CCCC(CC(=O)O)C1. The summed E-state index contributed by atoms with van der Waals surface area (Å²) in [5.41, 5.74) is 0.803. The molecule has 0 spiro atoms. The predicted molar refractivity (Wildman–Crippen MR) is 79.6 cm³/mol. The van der Waals surface area contributed by atoms with Gasteiger partial charge in [0.25, 0.3) is 0 Å². The lowest BCUT2D eigenvalue weighted by atomic mass is 9.95. The maximum Gasteiger partial charge on any atom is 0.317 e. The van der Waals surface area contributed by atoms with E-state index in [4.69, 9.17) is 9.84 Å². The van der Waals surface area contributed by atoms with Gasteiger partial charge in [0.05, 0.1) is 7.11 Å². The number of nitrogens with one attached hydrogen (secondary N) is 1. The summed E-state index contributed by atoms with van der Waals surface area (Å²) in [6.45, 7) is 1.48. The summed E-state index contributed by atoms with van der Waals surface area (Å²) in [6, 6.07) is 3.45. The molecular formula is C15H21N3O4. The first-order valence-electron chi connectivity index (χ1n) is 7.32. The molecule has 1 aromatic heterocycles.